The third kappa shape index (κ3) is 4.91. The first kappa shape index (κ1) is 26.3. The molecule has 2 aliphatic heterocycles. The minimum Gasteiger partial charge on any atom is -0.492 e. The van der Waals surface area contributed by atoms with Crippen LogP contribution in [0, 0.1) is 17.7 Å². The molecule has 3 aliphatic rings. The van der Waals surface area contributed by atoms with Crippen LogP contribution in [-0.4, -0.2) is 58.2 Å². The van der Waals surface area contributed by atoms with Crippen molar-refractivity contribution in [3.8, 4) is 5.75 Å². The summed E-state index contributed by atoms with van der Waals surface area (Å²) in [7, 11) is -3.23. The lowest BCUT2D eigenvalue weighted by Gasteiger charge is -2.22. The minimum atomic E-state index is -5.01. The van der Waals surface area contributed by atoms with Crippen LogP contribution in [0.3, 0.4) is 0 Å². The Morgan fingerprint density at radius 1 is 1.21 bits per heavy atom. The maximum Gasteiger partial charge on any atom is 0.471 e. The maximum absolute atomic E-state index is 14.1. The van der Waals surface area contributed by atoms with E-state index in [1.54, 1.807) is 6.07 Å². The number of halogens is 4. The first-order chi connectivity index (χ1) is 17.9. The molecular weight excluding hydrogens is 532 g/mol. The highest BCUT2D eigenvalue weighted by Gasteiger charge is 2.46. The van der Waals surface area contributed by atoms with E-state index in [2.05, 4.69) is 4.72 Å². The van der Waals surface area contributed by atoms with Crippen molar-refractivity contribution in [2.75, 3.05) is 31.5 Å². The van der Waals surface area contributed by atoms with Crippen molar-refractivity contribution in [1.82, 2.24) is 4.90 Å². The van der Waals surface area contributed by atoms with Crippen molar-refractivity contribution in [3.63, 3.8) is 0 Å². The number of rotatable bonds is 6. The summed E-state index contributed by atoms with van der Waals surface area (Å²) in [4.78, 5) is 24.6. The number of nitrogens with zero attached hydrogens (tertiary/aromatic N) is 1. The Labute approximate surface area is 215 Å². The number of amides is 1. The van der Waals surface area contributed by atoms with Crippen molar-refractivity contribution < 1.29 is 45.0 Å². The smallest absolute Gasteiger partial charge is 0.471 e. The molecule has 38 heavy (non-hydrogen) atoms. The number of fused-ring (bicyclic) bond motifs is 3. The van der Waals surface area contributed by atoms with Crippen molar-refractivity contribution >= 4 is 27.6 Å². The molecule has 8 nitrogen and oxygen atoms in total. The fraction of sp³-hybridized carbons (Fsp3) is 0.440. The van der Waals surface area contributed by atoms with E-state index in [9.17, 15) is 35.6 Å². The number of benzene rings is 2. The average molecular weight is 557 g/mol. The van der Waals surface area contributed by atoms with E-state index >= 15 is 0 Å². The molecule has 2 aromatic rings. The molecule has 2 aromatic carbocycles. The number of nitrogens with one attached hydrogen (secondary N) is 1. The number of ether oxygens (including phenoxy) is 2. The summed E-state index contributed by atoms with van der Waals surface area (Å²) in [6.07, 6.45) is -3.98. The topological polar surface area (TPSA) is 102 Å². The summed E-state index contributed by atoms with van der Waals surface area (Å²) < 4.78 is 92.6. The number of hydrogen-bond donors (Lipinski definition) is 1. The van der Waals surface area contributed by atoms with E-state index in [0.29, 0.717) is 17.4 Å². The number of carbonyl (C=O) groups is 2. The number of carbonyl (C=O) groups excluding carboxylic acids is 2. The van der Waals surface area contributed by atoms with Crippen LogP contribution >= 0.6 is 0 Å². The number of anilines is 1. The van der Waals surface area contributed by atoms with E-state index in [-0.39, 0.29) is 59.3 Å². The van der Waals surface area contributed by atoms with E-state index in [1.807, 2.05) is 0 Å². The van der Waals surface area contributed by atoms with E-state index in [4.69, 9.17) is 9.47 Å². The Kier molecular flexibility index (Phi) is 6.52. The van der Waals surface area contributed by atoms with Crippen molar-refractivity contribution in [3.05, 3.63) is 52.8 Å². The Bertz CT molecular complexity index is 1410. The summed E-state index contributed by atoms with van der Waals surface area (Å²) in [6.45, 7) is 0.0198. The second-order valence-electron chi connectivity index (χ2n) is 9.78. The van der Waals surface area contributed by atoms with Crippen LogP contribution in [0.25, 0.3) is 0 Å². The molecular formula is C25H24F4N2O6S. The van der Waals surface area contributed by atoms with Gasteiger partial charge in [0.25, 0.3) is 10.0 Å². The van der Waals surface area contributed by atoms with Crippen LogP contribution in [0.15, 0.2) is 35.2 Å². The van der Waals surface area contributed by atoms with Gasteiger partial charge in [0.05, 0.1) is 24.3 Å². The molecule has 0 spiro atoms. The highest BCUT2D eigenvalue weighted by Crippen LogP contribution is 2.55. The third-order valence-corrected chi connectivity index (χ3v) is 8.69. The van der Waals surface area contributed by atoms with Crippen LogP contribution in [0.5, 0.6) is 5.75 Å². The van der Waals surface area contributed by atoms with Gasteiger partial charge >= 0.3 is 18.1 Å². The molecule has 1 amide bonds. The molecule has 1 saturated heterocycles. The molecule has 1 N–H and O–H groups in total. The molecule has 1 saturated carbocycles. The van der Waals surface area contributed by atoms with E-state index in [1.165, 1.54) is 6.07 Å². The molecule has 2 heterocycles. The van der Waals surface area contributed by atoms with Gasteiger partial charge in [-0.25, -0.2) is 17.6 Å². The predicted molar refractivity (Wildman–Crippen MR) is 126 cm³/mol. The lowest BCUT2D eigenvalue weighted by atomic mass is 9.98. The van der Waals surface area contributed by atoms with Crippen molar-refractivity contribution in [2.24, 2.45) is 11.8 Å². The molecule has 0 aromatic heterocycles. The summed E-state index contributed by atoms with van der Waals surface area (Å²) in [5, 5.41) is 0. The van der Waals surface area contributed by atoms with Gasteiger partial charge in [-0.3, -0.25) is 9.52 Å². The average Bonchev–Trinajstić information content (AvgIpc) is 3.51. The zero-order valence-corrected chi connectivity index (χ0v) is 21.0. The lowest BCUT2D eigenvalue weighted by Crippen LogP contribution is -2.39. The SMILES string of the molecule is COC(=O)c1c(NS(=O)(=O)c2ccc(F)cc2C[C@H]2CCN(C(=O)C(F)(F)F)C2)ccc2c1OC[C@@H]1C[C@H]21. The largest absolute Gasteiger partial charge is 0.492 e. The quantitative estimate of drug-likeness (QED) is 0.428. The molecule has 0 bridgehead atoms. The van der Waals surface area contributed by atoms with E-state index < -0.39 is 39.8 Å². The zero-order chi connectivity index (χ0) is 27.4. The molecule has 2 fully saturated rings. The Morgan fingerprint density at radius 2 is 1.97 bits per heavy atom. The highest BCUT2D eigenvalue weighted by molar-refractivity contribution is 7.92. The Morgan fingerprint density at radius 3 is 2.68 bits per heavy atom. The van der Waals surface area contributed by atoms with Gasteiger partial charge in [0.15, 0.2) is 0 Å². The maximum atomic E-state index is 14.1. The van der Waals surface area contributed by atoms with Gasteiger partial charge in [-0.2, -0.15) is 13.2 Å². The first-order valence-corrected chi connectivity index (χ1v) is 13.4. The summed E-state index contributed by atoms with van der Waals surface area (Å²) in [6, 6.07) is 6.17. The number of methoxy groups -OCH3 is 1. The van der Waals surface area contributed by atoms with Crippen LogP contribution in [-0.2, 0) is 26.0 Å². The van der Waals surface area contributed by atoms with Crippen molar-refractivity contribution in [1.29, 1.82) is 0 Å². The molecule has 0 radical (unpaired) electrons. The molecule has 3 atom stereocenters. The second-order valence-corrected chi connectivity index (χ2v) is 11.4. The Balaban J connectivity index is 1.43. The number of likely N-dealkylation sites (tertiary alicyclic amines) is 1. The lowest BCUT2D eigenvalue weighted by molar-refractivity contribution is -0.184. The summed E-state index contributed by atoms with van der Waals surface area (Å²) in [5.74, 6) is -3.14. The molecule has 1 aliphatic carbocycles. The second kappa shape index (κ2) is 9.44. The van der Waals surface area contributed by atoms with Crippen LogP contribution in [0.4, 0.5) is 23.2 Å². The predicted octanol–water partition coefficient (Wildman–Crippen LogP) is 3.86. The van der Waals surface area contributed by atoms with Gasteiger partial charge in [-0.05, 0) is 66.5 Å². The fourth-order valence-electron chi connectivity index (χ4n) is 5.28. The van der Waals surface area contributed by atoms with Crippen molar-refractivity contribution in [2.45, 2.75) is 36.3 Å². The van der Waals surface area contributed by atoms with Gasteiger partial charge in [0.2, 0.25) is 0 Å². The molecule has 0 unspecified atom stereocenters. The van der Waals surface area contributed by atoms with Gasteiger partial charge in [0, 0.05) is 19.0 Å². The number of alkyl halides is 3. The number of sulfonamides is 1. The third-order valence-electron chi connectivity index (χ3n) is 7.22. The summed E-state index contributed by atoms with van der Waals surface area (Å²) >= 11 is 0. The number of hydrogen-bond acceptors (Lipinski definition) is 6. The van der Waals surface area contributed by atoms with Crippen LogP contribution in [0.2, 0.25) is 0 Å². The first-order valence-electron chi connectivity index (χ1n) is 11.9. The zero-order valence-electron chi connectivity index (χ0n) is 20.2. The van der Waals surface area contributed by atoms with Gasteiger partial charge in [-0.15, -0.1) is 0 Å². The van der Waals surface area contributed by atoms with Crippen LogP contribution < -0.4 is 9.46 Å². The number of esters is 1. The molecule has 13 heteroatoms. The summed E-state index contributed by atoms with van der Waals surface area (Å²) in [5.41, 5.74) is 0.692. The fourth-order valence-corrected chi connectivity index (χ4v) is 6.59. The Hall–Kier alpha value is -3.35. The monoisotopic (exact) mass is 556 g/mol. The van der Waals surface area contributed by atoms with E-state index in [0.717, 1.165) is 37.3 Å². The van der Waals surface area contributed by atoms with Gasteiger partial charge in [0.1, 0.15) is 17.1 Å². The molecule has 204 valence electrons. The van der Waals surface area contributed by atoms with Crippen LogP contribution in [0.1, 0.15) is 40.2 Å². The standard InChI is InChI=1S/C25H24F4N2O6S/c1-36-23(32)21-19(4-3-17-18-10-15(18)12-37-22(17)21)30-38(34,35)20-5-2-16(26)9-14(20)8-13-6-7-31(11-13)24(33)25(27,28)29/h2-5,9,13,15,18,30H,6-8,10-12H2,1H3/t13-,15+,18+/m1/s1. The minimum absolute atomic E-state index is 0.0402. The normalized spacial score (nSPS) is 22.2. The van der Waals surface area contributed by atoms with Gasteiger partial charge < -0.3 is 14.4 Å². The molecule has 5 rings (SSSR count). The van der Waals surface area contributed by atoms with Gasteiger partial charge in [-0.1, -0.05) is 6.07 Å². The highest BCUT2D eigenvalue weighted by atomic mass is 32.2.